The van der Waals surface area contributed by atoms with Gasteiger partial charge in [0.2, 0.25) is 0 Å². The Labute approximate surface area is 104 Å². The fraction of sp³-hybridized carbons (Fsp3) is 0.556. The minimum absolute atomic E-state index is 0.122. The van der Waals surface area contributed by atoms with E-state index >= 15 is 0 Å². The van der Waals surface area contributed by atoms with Crippen molar-refractivity contribution in [3.63, 3.8) is 0 Å². The molecule has 2 heterocycles. The van der Waals surface area contributed by atoms with Gasteiger partial charge in [-0.3, -0.25) is 0 Å². The lowest BCUT2D eigenvalue weighted by atomic mass is 10.0. The predicted molar refractivity (Wildman–Crippen MR) is 62.5 cm³/mol. The Morgan fingerprint density at radius 3 is 2.69 bits per heavy atom. The molecule has 7 heteroatoms. The second kappa shape index (κ2) is 4.47. The number of hydrogen-bond acceptors (Lipinski definition) is 4. The minimum atomic E-state index is -2.84. The van der Waals surface area contributed by atoms with Gasteiger partial charge in [0.05, 0.1) is 22.2 Å². The Morgan fingerprint density at radius 1 is 1.38 bits per heavy atom. The van der Waals surface area contributed by atoms with E-state index in [4.69, 9.17) is 23.2 Å². The molecule has 0 bridgehead atoms. The maximum absolute atomic E-state index is 11.3. The zero-order valence-electron chi connectivity index (χ0n) is 8.36. The van der Waals surface area contributed by atoms with E-state index in [2.05, 4.69) is 10.2 Å². The van der Waals surface area contributed by atoms with Crippen LogP contribution in [0, 0.1) is 5.92 Å². The van der Waals surface area contributed by atoms with Gasteiger partial charge in [0.25, 0.3) is 0 Å². The van der Waals surface area contributed by atoms with Gasteiger partial charge < -0.3 is 0 Å². The molecule has 4 nitrogen and oxygen atoms in total. The van der Waals surface area contributed by atoms with E-state index in [0.717, 1.165) is 0 Å². The quantitative estimate of drug-likeness (QED) is 0.828. The summed E-state index contributed by atoms with van der Waals surface area (Å²) >= 11 is 11.4. The molecule has 1 fully saturated rings. The Balaban J connectivity index is 2.08. The van der Waals surface area contributed by atoms with Gasteiger partial charge in [-0.05, 0) is 24.8 Å². The van der Waals surface area contributed by atoms with Crippen molar-refractivity contribution >= 4 is 33.0 Å². The topological polar surface area (TPSA) is 59.9 Å². The van der Waals surface area contributed by atoms with Crippen LogP contribution in [0.15, 0.2) is 6.07 Å². The van der Waals surface area contributed by atoms with Crippen molar-refractivity contribution < 1.29 is 8.42 Å². The third-order valence-corrected chi connectivity index (χ3v) is 5.08. The summed E-state index contributed by atoms with van der Waals surface area (Å²) in [4.78, 5) is 0. The summed E-state index contributed by atoms with van der Waals surface area (Å²) in [7, 11) is -2.84. The first-order valence-electron chi connectivity index (χ1n) is 4.84. The van der Waals surface area contributed by atoms with E-state index in [1.165, 1.54) is 0 Å². The van der Waals surface area contributed by atoms with Crippen LogP contribution in [0.4, 0.5) is 0 Å². The van der Waals surface area contributed by atoms with Crippen molar-refractivity contribution in [2.45, 2.75) is 12.8 Å². The molecule has 1 aliphatic heterocycles. The van der Waals surface area contributed by atoms with E-state index in [9.17, 15) is 8.42 Å². The molecule has 0 saturated carbocycles. The number of hydrogen-bond donors (Lipinski definition) is 0. The van der Waals surface area contributed by atoms with Gasteiger partial charge in [-0.2, -0.15) is 5.10 Å². The minimum Gasteiger partial charge on any atom is -0.229 e. The highest BCUT2D eigenvalue weighted by Gasteiger charge is 2.28. The average molecular weight is 281 g/mol. The molecule has 1 aromatic rings. The first-order chi connectivity index (χ1) is 7.46. The number of rotatable bonds is 2. The fourth-order valence-electron chi connectivity index (χ4n) is 1.82. The van der Waals surface area contributed by atoms with E-state index < -0.39 is 9.84 Å². The molecular weight excluding hydrogens is 271 g/mol. The summed E-state index contributed by atoms with van der Waals surface area (Å²) < 4.78 is 22.5. The molecule has 1 unspecified atom stereocenters. The highest BCUT2D eigenvalue weighted by atomic mass is 35.5. The Morgan fingerprint density at radius 2 is 2.12 bits per heavy atom. The van der Waals surface area contributed by atoms with Crippen molar-refractivity contribution in [3.8, 4) is 0 Å². The summed E-state index contributed by atoms with van der Waals surface area (Å²) in [5.74, 6) is 0.623. The molecule has 1 atom stereocenters. The average Bonchev–Trinajstić information content (AvgIpc) is 2.52. The Hall–Kier alpha value is -0.390. The molecule has 88 valence electrons. The summed E-state index contributed by atoms with van der Waals surface area (Å²) in [6.07, 6.45) is 1.27. The van der Waals surface area contributed by atoms with Gasteiger partial charge in [-0.15, -0.1) is 5.10 Å². The summed E-state index contributed by atoms with van der Waals surface area (Å²) in [5.41, 5.74) is 0.691. The van der Waals surface area contributed by atoms with Crippen LogP contribution in [-0.4, -0.2) is 30.1 Å². The van der Waals surface area contributed by atoms with Crippen molar-refractivity contribution in [2.24, 2.45) is 5.92 Å². The number of nitrogens with zero attached hydrogens (tertiary/aromatic N) is 2. The van der Waals surface area contributed by atoms with Crippen LogP contribution in [0.1, 0.15) is 12.1 Å². The predicted octanol–water partition coefficient (Wildman–Crippen LogP) is 1.76. The lowest BCUT2D eigenvalue weighted by Gasteiger charge is -2.06. The van der Waals surface area contributed by atoms with Crippen LogP contribution in [0.25, 0.3) is 0 Å². The van der Waals surface area contributed by atoms with Crippen molar-refractivity contribution in [1.29, 1.82) is 0 Å². The van der Waals surface area contributed by atoms with Crippen LogP contribution >= 0.6 is 23.2 Å². The van der Waals surface area contributed by atoms with Crippen LogP contribution in [0.2, 0.25) is 10.2 Å². The Kier molecular flexibility index (Phi) is 3.37. The molecule has 1 aliphatic rings. The third-order valence-electron chi connectivity index (χ3n) is 2.58. The lowest BCUT2D eigenvalue weighted by molar-refractivity contribution is 0.573. The van der Waals surface area contributed by atoms with Crippen LogP contribution in [-0.2, 0) is 16.3 Å². The molecular formula is C9H10Cl2N2O2S. The number of sulfone groups is 1. The maximum Gasteiger partial charge on any atom is 0.170 e. The van der Waals surface area contributed by atoms with Crippen LogP contribution in [0.3, 0.4) is 0 Å². The largest absolute Gasteiger partial charge is 0.229 e. The van der Waals surface area contributed by atoms with Gasteiger partial charge in [-0.1, -0.05) is 23.2 Å². The first kappa shape index (κ1) is 12.1. The van der Waals surface area contributed by atoms with Gasteiger partial charge in [-0.25, -0.2) is 8.42 Å². The maximum atomic E-state index is 11.3. The zero-order chi connectivity index (χ0) is 11.8. The van der Waals surface area contributed by atoms with Gasteiger partial charge >= 0.3 is 0 Å². The zero-order valence-corrected chi connectivity index (χ0v) is 10.7. The standard InChI is InChI=1S/C9H10Cl2N2O2S/c10-8-4-7(12-13-9(8)11)3-6-1-2-16(14,15)5-6/h4,6H,1-3,5H2. The molecule has 0 amide bonds. The number of aromatic nitrogens is 2. The molecule has 1 aromatic heterocycles. The Bertz CT molecular complexity index is 504. The fourth-order valence-corrected chi connectivity index (χ4v) is 3.94. The molecule has 1 saturated heterocycles. The molecule has 0 N–H and O–H groups in total. The van der Waals surface area contributed by atoms with Crippen molar-refractivity contribution in [2.75, 3.05) is 11.5 Å². The molecule has 0 radical (unpaired) electrons. The molecule has 0 aromatic carbocycles. The SMILES string of the molecule is O=S1(=O)CCC(Cc2cc(Cl)c(Cl)nn2)C1. The normalized spacial score (nSPS) is 23.5. The second-order valence-electron chi connectivity index (χ2n) is 3.95. The third kappa shape index (κ3) is 2.84. The van der Waals surface area contributed by atoms with E-state index in [1.807, 2.05) is 0 Å². The highest BCUT2D eigenvalue weighted by Crippen LogP contribution is 2.24. The molecule has 0 spiro atoms. The van der Waals surface area contributed by atoms with E-state index in [0.29, 0.717) is 23.6 Å². The lowest BCUT2D eigenvalue weighted by Crippen LogP contribution is -2.09. The summed E-state index contributed by atoms with van der Waals surface area (Å²) in [5, 5.41) is 8.11. The first-order valence-corrected chi connectivity index (χ1v) is 7.42. The molecule has 0 aliphatic carbocycles. The van der Waals surface area contributed by atoms with Gasteiger partial charge in [0.15, 0.2) is 15.0 Å². The summed E-state index contributed by atoms with van der Waals surface area (Å²) in [6.45, 7) is 0. The van der Waals surface area contributed by atoms with Gasteiger partial charge in [0.1, 0.15) is 0 Å². The van der Waals surface area contributed by atoms with Crippen LogP contribution < -0.4 is 0 Å². The molecule has 16 heavy (non-hydrogen) atoms. The second-order valence-corrected chi connectivity index (χ2v) is 6.94. The summed E-state index contributed by atoms with van der Waals surface area (Å²) in [6, 6.07) is 1.64. The molecule has 2 rings (SSSR count). The van der Waals surface area contributed by atoms with Crippen LogP contribution in [0.5, 0.6) is 0 Å². The van der Waals surface area contributed by atoms with E-state index in [1.54, 1.807) is 6.07 Å². The van der Waals surface area contributed by atoms with Crippen molar-refractivity contribution in [1.82, 2.24) is 10.2 Å². The van der Waals surface area contributed by atoms with E-state index in [-0.39, 0.29) is 22.6 Å². The highest BCUT2D eigenvalue weighted by molar-refractivity contribution is 7.91. The number of halogens is 2. The monoisotopic (exact) mass is 280 g/mol. The smallest absolute Gasteiger partial charge is 0.170 e. The van der Waals surface area contributed by atoms with Crippen molar-refractivity contribution in [3.05, 3.63) is 21.9 Å². The van der Waals surface area contributed by atoms with Gasteiger partial charge in [0, 0.05) is 0 Å².